The van der Waals surface area contributed by atoms with E-state index in [-0.39, 0.29) is 12.1 Å². The highest BCUT2D eigenvalue weighted by Crippen LogP contribution is 2.25. The molecule has 0 bridgehead atoms. The summed E-state index contributed by atoms with van der Waals surface area (Å²) in [5.74, 6) is 0. The third kappa shape index (κ3) is 2.76. The van der Waals surface area contributed by atoms with Crippen LogP contribution in [0.5, 0.6) is 0 Å². The second-order valence-corrected chi connectivity index (χ2v) is 8.04. The SMILES string of the molecule is CN1CCCN(C(N)=O)C(C2=CCc3c(ccc4c5c(ccc34)=CC=C5)=C2)C1. The second-order valence-electron chi connectivity index (χ2n) is 8.04. The van der Waals surface area contributed by atoms with Crippen molar-refractivity contribution in [3.05, 3.63) is 63.6 Å². The van der Waals surface area contributed by atoms with E-state index in [0.717, 1.165) is 32.5 Å². The van der Waals surface area contributed by atoms with Gasteiger partial charge >= 0.3 is 6.03 Å². The molecule has 0 spiro atoms. The van der Waals surface area contributed by atoms with Gasteiger partial charge in [-0.1, -0.05) is 48.6 Å². The zero-order chi connectivity index (χ0) is 19.3. The van der Waals surface area contributed by atoms with Gasteiger partial charge in [0.25, 0.3) is 0 Å². The number of hydrogen-bond acceptors (Lipinski definition) is 2. The van der Waals surface area contributed by atoms with Gasteiger partial charge in [-0.3, -0.25) is 0 Å². The van der Waals surface area contributed by atoms with E-state index in [2.05, 4.69) is 66.6 Å². The van der Waals surface area contributed by atoms with Gasteiger partial charge in [0.05, 0.1) is 6.04 Å². The molecule has 0 aromatic heterocycles. The molecule has 1 heterocycles. The van der Waals surface area contributed by atoms with Gasteiger partial charge in [-0.2, -0.15) is 0 Å². The molecular weight excluding hydrogens is 346 g/mol. The average Bonchev–Trinajstić information content (AvgIpc) is 3.09. The van der Waals surface area contributed by atoms with Crippen molar-refractivity contribution < 1.29 is 4.79 Å². The third-order valence-electron chi connectivity index (χ3n) is 6.29. The first kappa shape index (κ1) is 17.3. The van der Waals surface area contributed by atoms with Crippen LogP contribution >= 0.6 is 0 Å². The molecule has 2 aromatic carbocycles. The molecule has 3 aliphatic rings. The maximum absolute atomic E-state index is 12.1. The van der Waals surface area contributed by atoms with Crippen molar-refractivity contribution in [2.75, 3.05) is 26.7 Å². The van der Waals surface area contributed by atoms with Crippen LogP contribution in [0.4, 0.5) is 4.79 Å². The van der Waals surface area contributed by atoms with Crippen LogP contribution in [0, 0.1) is 0 Å². The summed E-state index contributed by atoms with van der Waals surface area (Å²) >= 11 is 0. The first-order chi connectivity index (χ1) is 13.6. The normalized spacial score (nSPS) is 21.4. The number of likely N-dealkylation sites (N-methyl/N-ethyl adjacent to an activating group) is 1. The van der Waals surface area contributed by atoms with Crippen molar-refractivity contribution in [2.24, 2.45) is 5.73 Å². The number of urea groups is 1. The number of nitrogens with zero attached hydrogens (tertiary/aromatic N) is 2. The topological polar surface area (TPSA) is 49.6 Å². The van der Waals surface area contributed by atoms with E-state index in [1.807, 2.05) is 4.90 Å². The molecule has 142 valence electrons. The van der Waals surface area contributed by atoms with E-state index in [9.17, 15) is 4.79 Å². The zero-order valence-electron chi connectivity index (χ0n) is 16.2. The van der Waals surface area contributed by atoms with Gasteiger partial charge in [-0.15, -0.1) is 0 Å². The molecule has 0 saturated carbocycles. The van der Waals surface area contributed by atoms with Crippen molar-refractivity contribution in [1.82, 2.24) is 9.80 Å². The number of rotatable bonds is 1. The lowest BCUT2D eigenvalue weighted by Gasteiger charge is -2.31. The van der Waals surface area contributed by atoms with Crippen LogP contribution in [-0.2, 0) is 6.42 Å². The number of primary amides is 1. The predicted molar refractivity (Wildman–Crippen MR) is 115 cm³/mol. The second kappa shape index (κ2) is 6.64. The van der Waals surface area contributed by atoms with Gasteiger partial charge in [0.2, 0.25) is 0 Å². The number of allylic oxidation sites excluding steroid dienone is 2. The fourth-order valence-corrected chi connectivity index (χ4v) is 4.86. The van der Waals surface area contributed by atoms with Crippen molar-refractivity contribution in [2.45, 2.75) is 18.9 Å². The number of amides is 2. The van der Waals surface area contributed by atoms with E-state index in [1.54, 1.807) is 0 Å². The van der Waals surface area contributed by atoms with Gasteiger partial charge in [0.1, 0.15) is 0 Å². The molecule has 2 amide bonds. The fraction of sp³-hybridized carbons (Fsp3) is 0.292. The smallest absolute Gasteiger partial charge is 0.315 e. The highest BCUT2D eigenvalue weighted by molar-refractivity contribution is 5.96. The number of fused-ring (bicyclic) bond motifs is 5. The molecule has 1 saturated heterocycles. The van der Waals surface area contributed by atoms with Crippen LogP contribution in [0.3, 0.4) is 0 Å². The predicted octanol–water partition coefficient (Wildman–Crippen LogP) is 1.99. The minimum atomic E-state index is -0.322. The molecule has 4 heteroatoms. The van der Waals surface area contributed by atoms with Crippen LogP contribution in [0.2, 0.25) is 0 Å². The van der Waals surface area contributed by atoms with Crippen molar-refractivity contribution in [1.29, 1.82) is 0 Å². The third-order valence-corrected chi connectivity index (χ3v) is 6.29. The molecule has 0 radical (unpaired) electrons. The molecule has 1 unspecified atom stereocenters. The van der Waals surface area contributed by atoms with E-state index in [1.165, 1.54) is 37.9 Å². The Balaban J connectivity index is 1.60. The fourth-order valence-electron chi connectivity index (χ4n) is 4.86. The Hall–Kier alpha value is -2.85. The zero-order valence-corrected chi connectivity index (χ0v) is 16.2. The Morgan fingerprint density at radius 1 is 1.11 bits per heavy atom. The average molecular weight is 371 g/mol. The highest BCUT2D eigenvalue weighted by atomic mass is 16.2. The monoisotopic (exact) mass is 371 g/mol. The summed E-state index contributed by atoms with van der Waals surface area (Å²) in [4.78, 5) is 16.2. The largest absolute Gasteiger partial charge is 0.351 e. The molecule has 2 aromatic rings. The molecule has 4 nitrogen and oxygen atoms in total. The van der Waals surface area contributed by atoms with Crippen molar-refractivity contribution in [3.63, 3.8) is 0 Å². The summed E-state index contributed by atoms with van der Waals surface area (Å²) in [6.45, 7) is 2.53. The van der Waals surface area contributed by atoms with Crippen LogP contribution in [0.15, 0.2) is 42.0 Å². The Labute approximate surface area is 164 Å². The molecule has 5 rings (SSSR count). The molecule has 1 atom stereocenters. The number of hydrogen-bond donors (Lipinski definition) is 1. The van der Waals surface area contributed by atoms with E-state index in [4.69, 9.17) is 5.73 Å². The van der Waals surface area contributed by atoms with Gasteiger partial charge in [0.15, 0.2) is 0 Å². The Morgan fingerprint density at radius 2 is 1.93 bits per heavy atom. The van der Waals surface area contributed by atoms with Crippen molar-refractivity contribution in [3.8, 4) is 0 Å². The number of nitrogens with two attached hydrogens (primary N) is 1. The highest BCUT2D eigenvalue weighted by Gasteiger charge is 2.28. The van der Waals surface area contributed by atoms with Gasteiger partial charge in [-0.05, 0) is 70.4 Å². The van der Waals surface area contributed by atoms with Crippen LogP contribution in [0.25, 0.3) is 29.0 Å². The standard InChI is InChI=1S/C24H25N3O/c1-26-12-3-13-27(24(25)28)23(15-26)18-8-9-20-17(14-18)7-11-21-19-5-2-4-16(19)6-10-22(20)21/h2,4-8,10-11,14,23H,3,9,12-13,15H2,1H3,(H2,25,28). The van der Waals surface area contributed by atoms with Crippen molar-refractivity contribution >= 4 is 35.0 Å². The molecule has 1 fully saturated rings. The van der Waals surface area contributed by atoms with Crippen LogP contribution in [0.1, 0.15) is 17.5 Å². The number of carbonyl (C=O) groups is 1. The summed E-state index contributed by atoms with van der Waals surface area (Å²) < 4.78 is 0. The molecule has 2 N–H and O–H groups in total. The minimum absolute atomic E-state index is 0.0198. The van der Waals surface area contributed by atoms with Crippen LogP contribution in [-0.4, -0.2) is 48.6 Å². The van der Waals surface area contributed by atoms with E-state index < -0.39 is 0 Å². The number of carbonyl (C=O) groups excluding carboxylic acids is 1. The minimum Gasteiger partial charge on any atom is -0.351 e. The van der Waals surface area contributed by atoms with Gasteiger partial charge in [0, 0.05) is 13.1 Å². The Kier molecular flexibility index (Phi) is 4.09. The molecule has 2 aliphatic carbocycles. The number of benzene rings is 2. The molecule has 28 heavy (non-hydrogen) atoms. The molecule has 1 aliphatic heterocycles. The lowest BCUT2D eigenvalue weighted by molar-refractivity contribution is 0.192. The van der Waals surface area contributed by atoms with E-state index in [0.29, 0.717) is 0 Å². The van der Waals surface area contributed by atoms with E-state index >= 15 is 0 Å². The lowest BCUT2D eigenvalue weighted by atomic mass is 9.90. The summed E-state index contributed by atoms with van der Waals surface area (Å²) in [6.07, 6.45) is 12.9. The van der Waals surface area contributed by atoms with Gasteiger partial charge in [-0.25, -0.2) is 4.79 Å². The Bertz CT molecular complexity index is 1160. The summed E-state index contributed by atoms with van der Waals surface area (Å²) in [7, 11) is 2.12. The quantitative estimate of drug-likeness (QED) is 0.834. The first-order valence-corrected chi connectivity index (χ1v) is 10.0. The van der Waals surface area contributed by atoms with Crippen LogP contribution < -0.4 is 16.2 Å². The van der Waals surface area contributed by atoms with Gasteiger partial charge < -0.3 is 15.5 Å². The molecular formula is C24H25N3O. The lowest BCUT2D eigenvalue weighted by Crippen LogP contribution is -2.47. The first-order valence-electron chi connectivity index (χ1n) is 10.0. The summed E-state index contributed by atoms with van der Waals surface area (Å²) in [5.41, 5.74) is 9.61. The Morgan fingerprint density at radius 3 is 2.79 bits per heavy atom. The summed E-state index contributed by atoms with van der Waals surface area (Å²) in [6, 6.07) is 8.63. The maximum Gasteiger partial charge on any atom is 0.315 e. The summed E-state index contributed by atoms with van der Waals surface area (Å²) in [5, 5.41) is 5.20. The maximum atomic E-state index is 12.1.